The van der Waals surface area contributed by atoms with Gasteiger partial charge in [0.15, 0.2) is 0 Å². The van der Waals surface area contributed by atoms with Gasteiger partial charge in [-0.1, -0.05) is 40.5 Å². The standard InChI is InChI=1S/C18H25FN2O.C2H6.CH2O2/c1-3-5-6-10-21(9-4-2)18(22)11-14-13-20-17-12-15(19)7-8-16(14)17;1-2;2-1-3/h7-8,12-13,20H,3-6,9-11H2,1-2H3;1-2H3;1H,(H,2,3). The van der Waals surface area contributed by atoms with Crippen LogP contribution >= 0.6 is 0 Å². The van der Waals surface area contributed by atoms with E-state index in [1.165, 1.54) is 12.1 Å². The van der Waals surface area contributed by atoms with E-state index >= 15 is 0 Å². The predicted molar refractivity (Wildman–Crippen MR) is 108 cm³/mol. The number of hydrogen-bond donors (Lipinski definition) is 2. The molecule has 0 spiro atoms. The molecule has 0 atom stereocenters. The number of carbonyl (C=O) groups excluding carboxylic acids is 1. The lowest BCUT2D eigenvalue weighted by Gasteiger charge is -2.22. The van der Waals surface area contributed by atoms with Gasteiger partial charge >= 0.3 is 0 Å². The first-order valence-corrected chi connectivity index (χ1v) is 9.68. The monoisotopic (exact) mass is 380 g/mol. The number of H-pyrrole nitrogens is 1. The number of hydrogen-bond acceptors (Lipinski definition) is 2. The summed E-state index contributed by atoms with van der Waals surface area (Å²) in [6.07, 6.45) is 6.52. The highest BCUT2D eigenvalue weighted by molar-refractivity contribution is 5.88. The van der Waals surface area contributed by atoms with Crippen molar-refractivity contribution >= 4 is 23.3 Å². The first kappa shape index (κ1) is 24.6. The Morgan fingerprint density at radius 2 is 1.85 bits per heavy atom. The molecule has 0 aliphatic rings. The van der Waals surface area contributed by atoms with E-state index in [0.29, 0.717) is 6.42 Å². The Morgan fingerprint density at radius 1 is 1.19 bits per heavy atom. The van der Waals surface area contributed by atoms with E-state index in [9.17, 15) is 9.18 Å². The minimum Gasteiger partial charge on any atom is -0.483 e. The van der Waals surface area contributed by atoms with Crippen LogP contribution in [-0.4, -0.2) is 40.5 Å². The molecule has 0 saturated heterocycles. The van der Waals surface area contributed by atoms with Crippen LogP contribution in [0.25, 0.3) is 10.9 Å². The number of benzene rings is 1. The second kappa shape index (κ2) is 14.8. The summed E-state index contributed by atoms with van der Waals surface area (Å²) in [5, 5.41) is 7.82. The van der Waals surface area contributed by atoms with Gasteiger partial charge in [-0.05, 0) is 36.6 Å². The van der Waals surface area contributed by atoms with E-state index in [0.717, 1.165) is 55.2 Å². The summed E-state index contributed by atoms with van der Waals surface area (Å²) >= 11 is 0. The zero-order valence-electron chi connectivity index (χ0n) is 16.9. The van der Waals surface area contributed by atoms with E-state index in [-0.39, 0.29) is 18.2 Å². The van der Waals surface area contributed by atoms with Crippen molar-refractivity contribution in [2.24, 2.45) is 0 Å². The highest BCUT2D eigenvalue weighted by Gasteiger charge is 2.15. The van der Waals surface area contributed by atoms with E-state index in [2.05, 4.69) is 18.8 Å². The van der Waals surface area contributed by atoms with Crippen LogP contribution in [0.1, 0.15) is 58.9 Å². The zero-order valence-corrected chi connectivity index (χ0v) is 16.9. The molecule has 0 bridgehead atoms. The van der Waals surface area contributed by atoms with Gasteiger partial charge in [-0.15, -0.1) is 0 Å². The maximum Gasteiger partial charge on any atom is 0.290 e. The number of aromatic nitrogens is 1. The van der Waals surface area contributed by atoms with Crippen molar-refractivity contribution < 1.29 is 19.1 Å². The fraction of sp³-hybridized carbons (Fsp3) is 0.524. The van der Waals surface area contributed by atoms with Crippen molar-refractivity contribution in [3.8, 4) is 0 Å². The minimum atomic E-state index is -0.264. The van der Waals surface area contributed by atoms with Gasteiger partial charge in [-0.2, -0.15) is 0 Å². The van der Waals surface area contributed by atoms with Crippen molar-refractivity contribution in [1.82, 2.24) is 9.88 Å². The lowest BCUT2D eigenvalue weighted by Crippen LogP contribution is -2.33. The Kier molecular flexibility index (Phi) is 13.5. The van der Waals surface area contributed by atoms with Crippen molar-refractivity contribution in [3.05, 3.63) is 35.8 Å². The van der Waals surface area contributed by atoms with Crippen LogP contribution in [0.15, 0.2) is 24.4 Å². The van der Waals surface area contributed by atoms with Gasteiger partial charge in [0.1, 0.15) is 5.82 Å². The maximum atomic E-state index is 13.2. The molecule has 0 aliphatic carbocycles. The number of rotatable bonds is 8. The molecule has 0 radical (unpaired) electrons. The number of fused-ring (bicyclic) bond motifs is 1. The average molecular weight is 381 g/mol. The molecule has 1 aromatic carbocycles. The van der Waals surface area contributed by atoms with E-state index in [4.69, 9.17) is 9.90 Å². The molecule has 0 aliphatic heterocycles. The molecule has 0 fully saturated rings. The fourth-order valence-electron chi connectivity index (χ4n) is 2.76. The Labute approximate surface area is 161 Å². The van der Waals surface area contributed by atoms with Crippen LogP contribution in [0, 0.1) is 5.82 Å². The summed E-state index contributed by atoms with van der Waals surface area (Å²) in [7, 11) is 0. The SMILES string of the molecule is CC.CCCCCN(CCC)C(=O)Cc1c[nH]c2cc(F)ccc12.O=CO. The molecule has 2 aromatic rings. The highest BCUT2D eigenvalue weighted by Crippen LogP contribution is 2.20. The Hall–Kier alpha value is -2.37. The van der Waals surface area contributed by atoms with Gasteiger partial charge in [0.2, 0.25) is 5.91 Å². The van der Waals surface area contributed by atoms with Crippen LogP contribution in [-0.2, 0) is 16.0 Å². The number of unbranched alkanes of at least 4 members (excludes halogenated alkanes) is 2. The Bertz CT molecular complexity index is 670. The van der Waals surface area contributed by atoms with Crippen molar-refractivity contribution in [2.75, 3.05) is 13.1 Å². The van der Waals surface area contributed by atoms with Crippen LogP contribution in [0.2, 0.25) is 0 Å². The highest BCUT2D eigenvalue weighted by atomic mass is 19.1. The Morgan fingerprint density at radius 3 is 2.44 bits per heavy atom. The number of amides is 1. The fourth-order valence-corrected chi connectivity index (χ4v) is 2.76. The summed E-state index contributed by atoms with van der Waals surface area (Å²) < 4.78 is 13.2. The summed E-state index contributed by atoms with van der Waals surface area (Å²) in [6.45, 7) is 9.64. The van der Waals surface area contributed by atoms with Gasteiger partial charge < -0.3 is 15.0 Å². The lowest BCUT2D eigenvalue weighted by atomic mass is 10.1. The van der Waals surface area contributed by atoms with Crippen molar-refractivity contribution in [1.29, 1.82) is 0 Å². The average Bonchev–Trinajstić information content (AvgIpc) is 3.05. The first-order valence-electron chi connectivity index (χ1n) is 9.68. The summed E-state index contributed by atoms with van der Waals surface area (Å²) in [5.41, 5.74) is 1.69. The third kappa shape index (κ3) is 8.71. The molecule has 6 heteroatoms. The molecular weight excluding hydrogens is 347 g/mol. The van der Waals surface area contributed by atoms with Crippen LogP contribution in [0.5, 0.6) is 0 Å². The predicted octanol–water partition coefficient (Wildman–Crippen LogP) is 5.01. The van der Waals surface area contributed by atoms with Crippen LogP contribution in [0.4, 0.5) is 4.39 Å². The van der Waals surface area contributed by atoms with Gasteiger partial charge in [0.05, 0.1) is 6.42 Å². The summed E-state index contributed by atoms with van der Waals surface area (Å²) in [4.78, 5) is 25.9. The number of aromatic amines is 1. The maximum absolute atomic E-state index is 13.2. The second-order valence-electron chi connectivity index (χ2n) is 5.87. The lowest BCUT2D eigenvalue weighted by molar-refractivity contribution is -0.130. The first-order chi connectivity index (χ1) is 13.1. The molecule has 1 heterocycles. The number of carboxylic acid groups (broad SMARTS) is 1. The number of nitrogens with zero attached hydrogens (tertiary/aromatic N) is 1. The largest absolute Gasteiger partial charge is 0.483 e. The number of carbonyl (C=O) groups is 2. The van der Waals surface area contributed by atoms with Crippen LogP contribution in [0.3, 0.4) is 0 Å². The molecule has 1 amide bonds. The van der Waals surface area contributed by atoms with Gasteiger partial charge in [0.25, 0.3) is 6.47 Å². The minimum absolute atomic E-state index is 0.156. The topological polar surface area (TPSA) is 73.4 Å². The van der Waals surface area contributed by atoms with E-state index in [1.54, 1.807) is 6.07 Å². The van der Waals surface area contributed by atoms with Crippen LogP contribution < -0.4 is 0 Å². The molecule has 2 rings (SSSR count). The van der Waals surface area contributed by atoms with E-state index in [1.807, 2.05) is 24.9 Å². The second-order valence-corrected chi connectivity index (χ2v) is 5.87. The van der Waals surface area contributed by atoms with Gasteiger partial charge in [-0.3, -0.25) is 9.59 Å². The molecule has 27 heavy (non-hydrogen) atoms. The molecule has 5 nitrogen and oxygen atoms in total. The smallest absolute Gasteiger partial charge is 0.290 e. The van der Waals surface area contributed by atoms with Crippen molar-refractivity contribution in [3.63, 3.8) is 0 Å². The van der Waals surface area contributed by atoms with Crippen molar-refractivity contribution in [2.45, 2.75) is 59.8 Å². The third-order valence-corrected chi connectivity index (χ3v) is 3.95. The zero-order chi connectivity index (χ0) is 20.7. The molecule has 0 unspecified atom stereocenters. The molecular formula is C21H33FN2O3. The Balaban J connectivity index is 0.00000123. The molecule has 2 N–H and O–H groups in total. The summed E-state index contributed by atoms with van der Waals surface area (Å²) in [5.74, 6) is -0.109. The summed E-state index contributed by atoms with van der Waals surface area (Å²) in [6, 6.07) is 4.65. The molecule has 1 aromatic heterocycles. The van der Waals surface area contributed by atoms with E-state index < -0.39 is 0 Å². The number of nitrogens with one attached hydrogen (secondary N) is 1. The molecule has 0 saturated carbocycles. The quantitative estimate of drug-likeness (QED) is 0.500. The molecule has 152 valence electrons. The number of halogens is 1. The normalized spacial score (nSPS) is 9.67. The third-order valence-electron chi connectivity index (χ3n) is 3.95. The van der Waals surface area contributed by atoms with Gasteiger partial charge in [-0.25, -0.2) is 4.39 Å². The van der Waals surface area contributed by atoms with Gasteiger partial charge in [0, 0.05) is 30.2 Å².